The number of ketones is 1. The monoisotopic (exact) mass is 307 g/mol. The zero-order valence-electron chi connectivity index (χ0n) is 10.6. The molecule has 0 spiro atoms. The number of allylic oxidation sites excluding steroid dienone is 1. The van der Waals surface area contributed by atoms with Crippen LogP contribution in [0.15, 0.2) is 23.6 Å². The number of aliphatic hydroxyl groups excluding tert-OH is 1. The van der Waals surface area contributed by atoms with Crippen molar-refractivity contribution in [2.75, 3.05) is 13.2 Å². The van der Waals surface area contributed by atoms with E-state index < -0.39 is 54.6 Å². The van der Waals surface area contributed by atoms with Gasteiger partial charge in [0.2, 0.25) is 5.78 Å². The molecule has 0 aromatic carbocycles. The third-order valence-corrected chi connectivity index (χ3v) is 3.16. The largest absolute Gasteiger partial charge is 0.503 e. The Labute approximate surface area is 116 Å². The Morgan fingerprint density at radius 2 is 2.10 bits per heavy atom. The van der Waals surface area contributed by atoms with Crippen molar-refractivity contribution >= 4 is 11.7 Å². The van der Waals surface area contributed by atoms with Crippen LogP contribution >= 0.6 is 0 Å². The van der Waals surface area contributed by atoms with Crippen LogP contribution in [0, 0.1) is 0 Å². The lowest BCUT2D eigenvalue weighted by atomic mass is 10.1. The van der Waals surface area contributed by atoms with E-state index in [0.717, 1.165) is 11.0 Å². The summed E-state index contributed by atoms with van der Waals surface area (Å²) in [5.74, 6) is 2.23. The second-order valence-corrected chi connectivity index (χ2v) is 4.48. The highest BCUT2D eigenvalue weighted by molar-refractivity contribution is 6.09. The highest BCUT2D eigenvalue weighted by atomic mass is 19.4. The van der Waals surface area contributed by atoms with Crippen LogP contribution in [0.1, 0.15) is 0 Å². The third-order valence-electron chi connectivity index (χ3n) is 3.16. The standard InChI is InChI=1S/C11H12F3N3O4/c12-11(13,14)7-3-17-5(4-21-7)1-2-6(18)9(19)8(16-15)10(17)20/h1-2,5,7,16,19H,3-4,15H2/b2-1-,9-8+. The number of rotatable bonds is 1. The number of hydrogen-bond donors (Lipinski definition) is 3. The first kappa shape index (κ1) is 15.3. The molecule has 7 nitrogen and oxygen atoms in total. The van der Waals surface area contributed by atoms with Crippen LogP contribution < -0.4 is 11.3 Å². The first-order chi connectivity index (χ1) is 9.75. The summed E-state index contributed by atoms with van der Waals surface area (Å²) in [4.78, 5) is 24.5. The number of halogens is 3. The van der Waals surface area contributed by atoms with Crippen LogP contribution in [0.3, 0.4) is 0 Å². The quantitative estimate of drug-likeness (QED) is 0.446. The van der Waals surface area contributed by atoms with Crippen LogP contribution in [0.4, 0.5) is 13.2 Å². The molecule has 0 aromatic rings. The van der Waals surface area contributed by atoms with E-state index in [1.165, 1.54) is 6.08 Å². The molecule has 1 fully saturated rings. The molecular weight excluding hydrogens is 295 g/mol. The van der Waals surface area contributed by atoms with E-state index in [1.807, 2.05) is 5.43 Å². The summed E-state index contributed by atoms with van der Waals surface area (Å²) in [7, 11) is 0. The second kappa shape index (κ2) is 5.37. The summed E-state index contributed by atoms with van der Waals surface area (Å²) >= 11 is 0. The molecule has 0 aliphatic carbocycles. The van der Waals surface area contributed by atoms with Crippen LogP contribution in [-0.4, -0.2) is 53.2 Å². The lowest BCUT2D eigenvalue weighted by Crippen LogP contribution is -2.57. The Bertz CT molecular complexity index is 529. The molecule has 0 aromatic heterocycles. The number of aliphatic hydroxyl groups is 1. The topological polar surface area (TPSA) is 105 Å². The fraction of sp³-hybridized carbons (Fsp3) is 0.455. The summed E-state index contributed by atoms with van der Waals surface area (Å²) in [6.45, 7) is -1.18. The Morgan fingerprint density at radius 3 is 2.67 bits per heavy atom. The van der Waals surface area contributed by atoms with Crippen molar-refractivity contribution in [3.05, 3.63) is 23.6 Å². The van der Waals surface area contributed by atoms with Crippen LogP contribution in [-0.2, 0) is 14.3 Å². The Balaban J connectivity index is 2.36. The number of alkyl halides is 3. The van der Waals surface area contributed by atoms with Gasteiger partial charge in [-0.25, -0.2) is 0 Å². The normalized spacial score (nSPS) is 32.3. The maximum atomic E-state index is 12.7. The number of amides is 1. The number of carbonyl (C=O) groups excluding carboxylic acids is 2. The minimum absolute atomic E-state index is 0.418. The molecule has 2 aliphatic rings. The van der Waals surface area contributed by atoms with Gasteiger partial charge in [-0.1, -0.05) is 6.08 Å². The highest BCUT2D eigenvalue weighted by Crippen LogP contribution is 2.29. The zero-order chi connectivity index (χ0) is 15.8. The highest BCUT2D eigenvalue weighted by Gasteiger charge is 2.47. The van der Waals surface area contributed by atoms with Gasteiger partial charge in [0, 0.05) is 0 Å². The lowest BCUT2D eigenvalue weighted by molar-refractivity contribution is -0.240. The zero-order valence-corrected chi connectivity index (χ0v) is 10.6. The van der Waals surface area contributed by atoms with Crippen molar-refractivity contribution < 1.29 is 32.6 Å². The fourth-order valence-electron chi connectivity index (χ4n) is 2.04. The molecule has 2 aliphatic heterocycles. The maximum Gasteiger partial charge on any atom is 0.416 e. The first-order valence-electron chi connectivity index (χ1n) is 5.87. The van der Waals surface area contributed by atoms with Crippen molar-refractivity contribution in [2.24, 2.45) is 5.84 Å². The van der Waals surface area contributed by atoms with Crippen molar-refractivity contribution in [3.8, 4) is 0 Å². The molecule has 2 unspecified atom stereocenters. The molecular formula is C11H12F3N3O4. The Kier molecular flexibility index (Phi) is 3.92. The summed E-state index contributed by atoms with van der Waals surface area (Å²) < 4.78 is 42.7. The van der Waals surface area contributed by atoms with Crippen molar-refractivity contribution in [2.45, 2.75) is 18.3 Å². The molecule has 116 valence electrons. The number of hydrazine groups is 1. The molecule has 0 radical (unpaired) electrons. The summed E-state index contributed by atoms with van der Waals surface area (Å²) in [5, 5.41) is 9.56. The van der Waals surface area contributed by atoms with E-state index in [9.17, 15) is 27.9 Å². The van der Waals surface area contributed by atoms with E-state index in [2.05, 4.69) is 4.74 Å². The van der Waals surface area contributed by atoms with Crippen LogP contribution in [0.2, 0.25) is 0 Å². The van der Waals surface area contributed by atoms with Crippen molar-refractivity contribution in [3.63, 3.8) is 0 Å². The van der Waals surface area contributed by atoms with Gasteiger partial charge in [-0.05, 0) is 6.08 Å². The summed E-state index contributed by atoms with van der Waals surface area (Å²) in [6.07, 6.45) is -4.61. The molecule has 2 heterocycles. The van der Waals surface area contributed by atoms with E-state index in [-0.39, 0.29) is 0 Å². The van der Waals surface area contributed by atoms with Crippen LogP contribution in [0.25, 0.3) is 0 Å². The summed E-state index contributed by atoms with van der Waals surface area (Å²) in [6, 6.07) is -0.850. The lowest BCUT2D eigenvalue weighted by Gasteiger charge is -2.39. The third kappa shape index (κ3) is 2.85. The molecule has 0 saturated carbocycles. The van der Waals surface area contributed by atoms with Gasteiger partial charge in [0.05, 0.1) is 19.2 Å². The molecule has 10 heteroatoms. The molecule has 21 heavy (non-hydrogen) atoms. The van der Waals surface area contributed by atoms with E-state index >= 15 is 0 Å². The number of ether oxygens (including phenoxy) is 1. The van der Waals surface area contributed by atoms with Crippen molar-refractivity contribution in [1.29, 1.82) is 0 Å². The van der Waals surface area contributed by atoms with Crippen LogP contribution in [0.5, 0.6) is 0 Å². The predicted octanol–water partition coefficient (Wildman–Crippen LogP) is -0.483. The molecule has 0 bridgehead atoms. The fourth-order valence-corrected chi connectivity index (χ4v) is 2.04. The van der Waals surface area contributed by atoms with Gasteiger partial charge in [0.1, 0.15) is 0 Å². The van der Waals surface area contributed by atoms with Crippen molar-refractivity contribution in [1.82, 2.24) is 10.3 Å². The smallest absolute Gasteiger partial charge is 0.416 e. The van der Waals surface area contributed by atoms with Gasteiger partial charge < -0.3 is 20.2 Å². The molecule has 2 rings (SSSR count). The van der Waals surface area contributed by atoms with E-state index in [0.29, 0.717) is 0 Å². The van der Waals surface area contributed by atoms with E-state index in [4.69, 9.17) is 5.84 Å². The van der Waals surface area contributed by atoms with Gasteiger partial charge in [0.15, 0.2) is 17.6 Å². The number of nitrogens with zero attached hydrogens (tertiary/aromatic N) is 1. The minimum Gasteiger partial charge on any atom is -0.503 e. The number of morpholine rings is 1. The average molecular weight is 307 g/mol. The number of hydrogen-bond acceptors (Lipinski definition) is 6. The van der Waals surface area contributed by atoms with E-state index in [1.54, 1.807) is 0 Å². The van der Waals surface area contributed by atoms with Gasteiger partial charge in [0.25, 0.3) is 5.91 Å². The SMILES string of the molecule is NN/C1=C(/O)C(=O)/C=C\C2COC(C(F)(F)F)CN2C1=O. The number of carbonyl (C=O) groups is 2. The second-order valence-electron chi connectivity index (χ2n) is 4.48. The minimum atomic E-state index is -4.63. The Hall–Kier alpha value is -2.07. The molecule has 4 N–H and O–H groups in total. The van der Waals surface area contributed by atoms with Gasteiger partial charge >= 0.3 is 6.18 Å². The number of nitrogens with two attached hydrogens (primary N) is 1. The first-order valence-corrected chi connectivity index (χ1v) is 5.87. The van der Waals surface area contributed by atoms with Gasteiger partial charge in [-0.2, -0.15) is 13.2 Å². The van der Waals surface area contributed by atoms with Gasteiger partial charge in [-0.15, -0.1) is 0 Å². The molecule has 2 atom stereocenters. The predicted molar refractivity (Wildman–Crippen MR) is 62.4 cm³/mol. The number of nitrogens with one attached hydrogen (secondary N) is 1. The van der Waals surface area contributed by atoms with Gasteiger partial charge in [-0.3, -0.25) is 15.4 Å². The molecule has 1 saturated heterocycles. The maximum absolute atomic E-state index is 12.7. The molecule has 1 amide bonds. The average Bonchev–Trinajstić information content (AvgIpc) is 2.43. The Morgan fingerprint density at radius 1 is 1.43 bits per heavy atom. The number of fused-ring (bicyclic) bond motifs is 1. The summed E-state index contributed by atoms with van der Waals surface area (Å²) in [5.41, 5.74) is 1.19.